The third kappa shape index (κ3) is 10.5. The molecule has 5 heterocycles. The number of nitrogens with one attached hydrogen (secondary N) is 1. The lowest BCUT2D eigenvalue weighted by atomic mass is 9.92. The average molecular weight is 862 g/mol. The van der Waals surface area contributed by atoms with Crippen molar-refractivity contribution in [2.75, 3.05) is 19.8 Å². The van der Waals surface area contributed by atoms with Crippen molar-refractivity contribution >= 4 is 5.91 Å². The van der Waals surface area contributed by atoms with Gasteiger partial charge in [0.1, 0.15) is 91.5 Å². The van der Waals surface area contributed by atoms with E-state index in [9.17, 15) is 61.0 Å². The number of aliphatic hydroxyl groups is 11. The largest absolute Gasteiger partial charge is 0.394 e. The summed E-state index contributed by atoms with van der Waals surface area (Å²) in [7, 11) is 0. The van der Waals surface area contributed by atoms with Crippen LogP contribution in [0.4, 0.5) is 0 Å². The number of hydrogen-bond acceptors (Lipinski definition) is 22. The van der Waals surface area contributed by atoms with E-state index in [1.165, 1.54) is 13.8 Å². The Morgan fingerprint density at radius 3 is 1.56 bits per heavy atom. The lowest BCUT2D eigenvalue weighted by Crippen LogP contribution is -2.69. The average Bonchev–Trinajstić information content (AvgIpc) is 3.20. The number of aliphatic hydroxyl groups excluding tert-OH is 11. The molecule has 0 bridgehead atoms. The summed E-state index contributed by atoms with van der Waals surface area (Å²) in [5, 5.41) is 121. The molecule has 10 unspecified atom stereocenters. The van der Waals surface area contributed by atoms with Gasteiger partial charge in [0.25, 0.3) is 0 Å². The molecular weight excluding hydrogens is 798 g/mol. The van der Waals surface area contributed by atoms with E-state index in [0.29, 0.717) is 13.0 Å². The zero-order chi connectivity index (χ0) is 43.6. The van der Waals surface area contributed by atoms with Crippen LogP contribution >= 0.6 is 0 Å². The van der Waals surface area contributed by atoms with Crippen LogP contribution in [-0.2, 0) is 52.2 Å². The summed E-state index contributed by atoms with van der Waals surface area (Å²) in [6.45, 7) is 7.87. The number of ether oxygens (including phenoxy) is 10. The number of carbonyl (C=O) groups is 1. The second kappa shape index (κ2) is 20.9. The Bertz CT molecular complexity index is 1320. The molecule has 5 aliphatic heterocycles. The highest BCUT2D eigenvalue weighted by Crippen LogP contribution is 2.38. The van der Waals surface area contributed by atoms with Gasteiger partial charge >= 0.3 is 0 Å². The zero-order valence-corrected chi connectivity index (χ0v) is 33.7. The summed E-state index contributed by atoms with van der Waals surface area (Å²) >= 11 is 0. The van der Waals surface area contributed by atoms with Crippen molar-refractivity contribution in [1.82, 2.24) is 5.32 Å². The maximum absolute atomic E-state index is 12.3. The minimum atomic E-state index is -1.98. The molecule has 0 spiro atoms. The molecule has 0 aliphatic carbocycles. The van der Waals surface area contributed by atoms with Gasteiger partial charge in [-0.1, -0.05) is 13.8 Å². The van der Waals surface area contributed by atoms with Crippen molar-refractivity contribution in [2.45, 2.75) is 195 Å². The third-order valence-corrected chi connectivity index (χ3v) is 11.4. The Morgan fingerprint density at radius 1 is 0.508 bits per heavy atom. The minimum Gasteiger partial charge on any atom is -0.394 e. The van der Waals surface area contributed by atoms with Crippen LogP contribution in [0.5, 0.6) is 0 Å². The first-order valence-corrected chi connectivity index (χ1v) is 20.0. The molecule has 0 saturated carbocycles. The first kappa shape index (κ1) is 48.7. The Kier molecular flexibility index (Phi) is 17.2. The first-order valence-electron chi connectivity index (χ1n) is 20.0. The molecule has 5 fully saturated rings. The molecule has 12 N–H and O–H groups in total. The summed E-state index contributed by atoms with van der Waals surface area (Å²) < 4.78 is 60.1. The van der Waals surface area contributed by atoms with E-state index in [1.54, 1.807) is 13.8 Å². The van der Waals surface area contributed by atoms with Gasteiger partial charge in [-0.25, -0.2) is 0 Å². The maximum atomic E-state index is 12.3. The Balaban J connectivity index is 1.52. The van der Waals surface area contributed by atoms with Crippen LogP contribution in [-0.4, -0.2) is 229 Å². The second-order valence-electron chi connectivity index (χ2n) is 15.9. The molecule has 1 amide bonds. The second-order valence-corrected chi connectivity index (χ2v) is 15.9. The van der Waals surface area contributed by atoms with E-state index in [4.69, 9.17) is 47.4 Å². The molecule has 0 aromatic carbocycles. The van der Waals surface area contributed by atoms with Gasteiger partial charge in [0.05, 0.1) is 37.6 Å². The van der Waals surface area contributed by atoms with Crippen molar-refractivity contribution in [3.63, 3.8) is 0 Å². The molecule has 59 heavy (non-hydrogen) atoms. The predicted octanol–water partition coefficient (Wildman–Crippen LogP) is -5.99. The molecule has 344 valence electrons. The van der Waals surface area contributed by atoms with Gasteiger partial charge in [0.15, 0.2) is 31.5 Å². The van der Waals surface area contributed by atoms with Gasteiger partial charge in [-0.15, -0.1) is 0 Å². The first-order chi connectivity index (χ1) is 27.8. The van der Waals surface area contributed by atoms with Gasteiger partial charge in [-0.05, 0) is 27.2 Å². The normalized spacial score (nSPS) is 51.0. The predicted molar refractivity (Wildman–Crippen MR) is 191 cm³/mol. The van der Waals surface area contributed by atoms with Crippen molar-refractivity contribution < 1.29 is 108 Å². The Labute approximate surface area is 340 Å². The number of amides is 1. The van der Waals surface area contributed by atoms with Crippen molar-refractivity contribution in [3.8, 4) is 0 Å². The lowest BCUT2D eigenvalue weighted by molar-refractivity contribution is -0.407. The van der Waals surface area contributed by atoms with Crippen LogP contribution in [0.15, 0.2) is 0 Å². The summed E-state index contributed by atoms with van der Waals surface area (Å²) in [6, 6.07) is -1.56. The molecule has 5 rings (SSSR count). The molecule has 23 heteroatoms. The Morgan fingerprint density at radius 2 is 0.983 bits per heavy atom. The van der Waals surface area contributed by atoms with Gasteiger partial charge in [-0.2, -0.15) is 0 Å². The fraction of sp³-hybridized carbons (Fsp3) is 0.972. The SMILES string of the molecule is CCCO[C@@H]1OC(C)[C@H](O)[C@H](O[C@@H]2OC(C)[C@H](O)[C@H](O)C2O[C@@H]2OC(C)[C@H](O)[C@H](O[C@H]3O[C@@H](CO)[C@@H](O)C(O)C3O)C2O[C@@H]2OC(CO)[C@@H](O)[C@H](O)C2NC(C)=O)C1C. The van der Waals surface area contributed by atoms with Gasteiger partial charge in [0.2, 0.25) is 5.91 Å². The highest BCUT2D eigenvalue weighted by Gasteiger charge is 2.57. The monoisotopic (exact) mass is 861 g/mol. The maximum Gasteiger partial charge on any atom is 0.217 e. The fourth-order valence-electron chi connectivity index (χ4n) is 7.82. The van der Waals surface area contributed by atoms with E-state index in [-0.39, 0.29) is 0 Å². The molecule has 0 radical (unpaired) electrons. The molecule has 5 aliphatic rings. The fourth-order valence-corrected chi connectivity index (χ4v) is 7.82. The summed E-state index contributed by atoms with van der Waals surface area (Å²) in [5.74, 6) is -1.32. The molecule has 0 aromatic heterocycles. The van der Waals surface area contributed by atoms with E-state index in [0.717, 1.165) is 6.92 Å². The standard InChI is InChI=1S/C36H63NO22/c1-7-8-50-32-11(2)28(20(42)13(4)51-32)56-35-30(26(48)19(41)12(3)52-35)58-36-31(59-33-18(37-15(6)40)24(46)22(44)16(9-38)54-33)29(21(43)14(5)53-36)57-34-27(49)25(47)23(45)17(10-39)55-34/h11-14,16-36,38-39,41-49H,7-10H2,1-6H3,(H,37,40)/t11?,12?,13?,14?,16?,17-,18?,19-,20-,21-,22+,23+,24+,25?,26-,27?,28+,29-,30?,31?,32+,33-,34+,35-,36-/m0/s1. The van der Waals surface area contributed by atoms with E-state index in [1.807, 2.05) is 6.92 Å². The number of carbonyl (C=O) groups excluding carboxylic acids is 1. The van der Waals surface area contributed by atoms with Crippen molar-refractivity contribution in [2.24, 2.45) is 5.92 Å². The topological polar surface area (TPSA) is 344 Å². The quantitative estimate of drug-likeness (QED) is 0.0773. The van der Waals surface area contributed by atoms with E-state index < -0.39 is 172 Å². The number of rotatable bonds is 14. The van der Waals surface area contributed by atoms with Crippen LogP contribution < -0.4 is 5.32 Å². The molecular formula is C36H63NO22. The molecule has 0 aromatic rings. The van der Waals surface area contributed by atoms with Crippen LogP contribution in [0.3, 0.4) is 0 Å². The molecule has 25 atom stereocenters. The zero-order valence-electron chi connectivity index (χ0n) is 33.7. The number of hydrogen-bond donors (Lipinski definition) is 12. The summed E-state index contributed by atoms with van der Waals surface area (Å²) in [4.78, 5) is 12.3. The van der Waals surface area contributed by atoms with Crippen molar-refractivity contribution in [3.05, 3.63) is 0 Å². The van der Waals surface area contributed by atoms with Gasteiger partial charge < -0.3 is 109 Å². The van der Waals surface area contributed by atoms with Crippen LogP contribution in [0, 0.1) is 5.92 Å². The summed E-state index contributed by atoms with van der Waals surface area (Å²) in [6.07, 6.45) is -35.0. The highest BCUT2D eigenvalue weighted by molar-refractivity contribution is 5.73. The Hall–Kier alpha value is -1.37. The van der Waals surface area contributed by atoms with Crippen molar-refractivity contribution in [1.29, 1.82) is 0 Å². The van der Waals surface area contributed by atoms with E-state index in [2.05, 4.69) is 5.32 Å². The molecule has 5 saturated heterocycles. The third-order valence-electron chi connectivity index (χ3n) is 11.4. The van der Waals surface area contributed by atoms with Crippen LogP contribution in [0.1, 0.15) is 48.0 Å². The van der Waals surface area contributed by atoms with E-state index >= 15 is 0 Å². The lowest BCUT2D eigenvalue weighted by Gasteiger charge is -2.51. The molecule has 23 nitrogen and oxygen atoms in total. The smallest absolute Gasteiger partial charge is 0.217 e. The van der Waals surface area contributed by atoms with Gasteiger partial charge in [-0.3, -0.25) is 4.79 Å². The van der Waals surface area contributed by atoms with Gasteiger partial charge in [0, 0.05) is 19.4 Å². The minimum absolute atomic E-state index is 0.345. The van der Waals surface area contributed by atoms with Crippen LogP contribution in [0.2, 0.25) is 0 Å². The highest BCUT2D eigenvalue weighted by atomic mass is 16.8. The summed E-state index contributed by atoms with van der Waals surface area (Å²) in [5.41, 5.74) is 0. The van der Waals surface area contributed by atoms with Crippen LogP contribution in [0.25, 0.3) is 0 Å².